The first-order valence-electron chi connectivity index (χ1n) is 5.75. The molecule has 0 fully saturated rings. The van der Waals surface area contributed by atoms with E-state index < -0.39 is 23.6 Å². The lowest BCUT2D eigenvalue weighted by molar-refractivity contribution is -0.141. The average molecular weight is 321 g/mol. The molecule has 0 saturated heterocycles. The Bertz CT molecular complexity index is 647. The number of carbonyl (C=O) groups excluding carboxylic acids is 1. The highest BCUT2D eigenvalue weighted by Crippen LogP contribution is 2.39. The minimum atomic E-state index is -4.83. The Labute approximate surface area is 121 Å². The van der Waals surface area contributed by atoms with Gasteiger partial charge in [-0.2, -0.15) is 13.2 Å². The molecule has 0 radical (unpaired) electrons. The molecule has 0 saturated carbocycles. The Balaban J connectivity index is 2.53. The van der Waals surface area contributed by atoms with Crippen LogP contribution >= 0.6 is 11.3 Å². The second kappa shape index (κ2) is 5.76. The smallest absolute Gasteiger partial charge is 0.437 e. The van der Waals surface area contributed by atoms with Crippen LogP contribution in [-0.2, 0) is 10.9 Å². The summed E-state index contributed by atoms with van der Waals surface area (Å²) in [6.45, 7) is 1.40. The van der Waals surface area contributed by atoms with Crippen LogP contribution in [0.4, 0.5) is 13.2 Å². The number of oxazole rings is 1. The highest BCUT2D eigenvalue weighted by atomic mass is 32.1. The summed E-state index contributed by atoms with van der Waals surface area (Å²) in [5.74, 6) is -2.20. The van der Waals surface area contributed by atoms with Crippen LogP contribution in [0.25, 0.3) is 10.8 Å². The van der Waals surface area contributed by atoms with Crippen LogP contribution in [0.2, 0.25) is 0 Å². The quantitative estimate of drug-likeness (QED) is 0.805. The van der Waals surface area contributed by atoms with E-state index in [1.165, 1.54) is 14.0 Å². The van der Waals surface area contributed by atoms with E-state index in [0.717, 1.165) is 11.3 Å². The van der Waals surface area contributed by atoms with Crippen molar-refractivity contribution in [3.63, 3.8) is 0 Å². The first kappa shape index (κ1) is 15.4. The van der Waals surface area contributed by atoms with Gasteiger partial charge in [-0.25, -0.2) is 9.78 Å². The number of hydrogen-bond donors (Lipinski definition) is 0. The van der Waals surface area contributed by atoms with Crippen LogP contribution in [0, 0.1) is 0 Å². The summed E-state index contributed by atoms with van der Waals surface area (Å²) >= 11 is 1.08. The number of carbonyl (C=O) groups is 1. The number of nitrogens with zero attached hydrogens (tertiary/aromatic N) is 1. The highest BCUT2D eigenvalue weighted by molar-refractivity contribution is 7.13. The molecule has 2 rings (SSSR count). The molecule has 9 heteroatoms. The number of thiophene rings is 1. The Kier molecular flexibility index (Phi) is 4.21. The second-order valence-corrected chi connectivity index (χ2v) is 4.65. The third kappa shape index (κ3) is 3.02. The predicted octanol–water partition coefficient (Wildman–Crippen LogP) is 3.61. The predicted molar refractivity (Wildman–Crippen MR) is 67.3 cm³/mol. The summed E-state index contributed by atoms with van der Waals surface area (Å²) in [6, 6.07) is 1.56. The fourth-order valence-corrected chi connectivity index (χ4v) is 2.34. The zero-order valence-electron chi connectivity index (χ0n) is 11.0. The molecule has 2 aromatic heterocycles. The lowest BCUT2D eigenvalue weighted by atomic mass is 10.3. The Morgan fingerprint density at radius 1 is 1.48 bits per heavy atom. The van der Waals surface area contributed by atoms with Crippen molar-refractivity contribution in [3.8, 4) is 16.5 Å². The van der Waals surface area contributed by atoms with Crippen LogP contribution in [-0.4, -0.2) is 24.7 Å². The largest absolute Gasteiger partial charge is 0.495 e. The standard InChI is InChI=1S/C12H10F3NO4S/c1-3-19-11(17)7-9(12(13,14)15)16-10(20-7)8-6(18-2)4-5-21-8/h4-5H,3H2,1-2H3. The maximum Gasteiger partial charge on any atom is 0.437 e. The first-order chi connectivity index (χ1) is 9.88. The van der Waals surface area contributed by atoms with Gasteiger partial charge in [0, 0.05) is 0 Å². The molecule has 0 atom stereocenters. The Morgan fingerprint density at radius 2 is 2.19 bits per heavy atom. The topological polar surface area (TPSA) is 61.6 Å². The maximum atomic E-state index is 12.9. The van der Waals surface area contributed by atoms with Gasteiger partial charge in [0.25, 0.3) is 0 Å². The Hall–Kier alpha value is -2.03. The summed E-state index contributed by atoms with van der Waals surface area (Å²) in [5, 5.41) is 1.61. The van der Waals surface area contributed by atoms with Crippen LogP contribution in [0.3, 0.4) is 0 Å². The molecular formula is C12H10F3NO4S. The van der Waals surface area contributed by atoms with Crippen LogP contribution < -0.4 is 4.74 Å². The van der Waals surface area contributed by atoms with Crippen molar-refractivity contribution in [1.29, 1.82) is 0 Å². The summed E-state index contributed by atoms with van der Waals surface area (Å²) in [4.78, 5) is 15.2. The van der Waals surface area contributed by atoms with Gasteiger partial charge in [-0.05, 0) is 18.4 Å². The Morgan fingerprint density at radius 3 is 2.76 bits per heavy atom. The van der Waals surface area contributed by atoms with Gasteiger partial charge in [-0.15, -0.1) is 11.3 Å². The van der Waals surface area contributed by atoms with Gasteiger partial charge >= 0.3 is 12.1 Å². The van der Waals surface area contributed by atoms with Crippen LogP contribution in [0.5, 0.6) is 5.75 Å². The minimum Gasteiger partial charge on any atom is -0.495 e. The van der Waals surface area contributed by atoms with Crippen molar-refractivity contribution in [1.82, 2.24) is 4.98 Å². The molecule has 0 aromatic carbocycles. The number of aromatic nitrogens is 1. The van der Waals surface area contributed by atoms with Crippen LogP contribution in [0.15, 0.2) is 15.9 Å². The summed E-state index contributed by atoms with van der Waals surface area (Å²) in [7, 11) is 1.37. The molecular weight excluding hydrogens is 311 g/mol. The number of methoxy groups -OCH3 is 1. The van der Waals surface area contributed by atoms with E-state index in [1.807, 2.05) is 0 Å². The summed E-state index contributed by atoms with van der Waals surface area (Å²) in [5.41, 5.74) is -1.41. The molecule has 2 heterocycles. The van der Waals surface area contributed by atoms with Gasteiger partial charge in [0.2, 0.25) is 11.7 Å². The molecule has 5 nitrogen and oxygen atoms in total. The SMILES string of the molecule is CCOC(=O)c1oc(-c2sccc2OC)nc1C(F)(F)F. The van der Waals surface area contributed by atoms with Gasteiger partial charge < -0.3 is 13.9 Å². The van der Waals surface area contributed by atoms with Crippen molar-refractivity contribution in [2.45, 2.75) is 13.1 Å². The number of esters is 1. The number of hydrogen-bond acceptors (Lipinski definition) is 6. The molecule has 0 aliphatic rings. The van der Waals surface area contributed by atoms with E-state index in [0.29, 0.717) is 5.75 Å². The van der Waals surface area contributed by atoms with Gasteiger partial charge in [-0.3, -0.25) is 0 Å². The molecule has 0 aliphatic heterocycles. The van der Waals surface area contributed by atoms with E-state index in [4.69, 9.17) is 9.15 Å². The molecule has 2 aromatic rings. The molecule has 0 spiro atoms. The fourth-order valence-electron chi connectivity index (χ4n) is 1.56. The second-order valence-electron chi connectivity index (χ2n) is 3.73. The number of halogens is 3. The van der Waals surface area contributed by atoms with Gasteiger partial charge in [0.15, 0.2) is 5.69 Å². The van der Waals surface area contributed by atoms with E-state index in [-0.39, 0.29) is 17.4 Å². The lowest BCUT2D eigenvalue weighted by Crippen LogP contribution is -2.14. The lowest BCUT2D eigenvalue weighted by Gasteiger charge is -2.03. The van der Waals surface area contributed by atoms with E-state index in [2.05, 4.69) is 9.72 Å². The van der Waals surface area contributed by atoms with Crippen molar-refractivity contribution in [2.75, 3.05) is 13.7 Å². The highest BCUT2D eigenvalue weighted by Gasteiger charge is 2.42. The number of ether oxygens (including phenoxy) is 2. The maximum absolute atomic E-state index is 12.9. The number of alkyl halides is 3. The van der Waals surface area contributed by atoms with Crippen molar-refractivity contribution < 1.29 is 31.9 Å². The van der Waals surface area contributed by atoms with E-state index >= 15 is 0 Å². The molecule has 0 amide bonds. The van der Waals surface area contributed by atoms with Crippen molar-refractivity contribution in [3.05, 3.63) is 22.9 Å². The van der Waals surface area contributed by atoms with Gasteiger partial charge in [0.05, 0.1) is 13.7 Å². The molecule has 0 unspecified atom stereocenters. The van der Waals surface area contributed by atoms with E-state index in [1.54, 1.807) is 11.4 Å². The van der Waals surface area contributed by atoms with Gasteiger partial charge in [0.1, 0.15) is 10.6 Å². The summed E-state index contributed by atoms with van der Waals surface area (Å²) < 4.78 is 53.3. The van der Waals surface area contributed by atoms with Gasteiger partial charge in [-0.1, -0.05) is 0 Å². The van der Waals surface area contributed by atoms with E-state index in [9.17, 15) is 18.0 Å². The van der Waals surface area contributed by atoms with Crippen LogP contribution in [0.1, 0.15) is 23.2 Å². The molecule has 114 valence electrons. The first-order valence-corrected chi connectivity index (χ1v) is 6.63. The zero-order valence-corrected chi connectivity index (χ0v) is 11.8. The minimum absolute atomic E-state index is 0.0749. The monoisotopic (exact) mass is 321 g/mol. The van der Waals surface area contributed by atoms with Crippen molar-refractivity contribution >= 4 is 17.3 Å². The average Bonchev–Trinajstić information content (AvgIpc) is 3.04. The molecule has 21 heavy (non-hydrogen) atoms. The number of rotatable bonds is 4. The molecule has 0 bridgehead atoms. The normalized spacial score (nSPS) is 11.5. The molecule has 0 N–H and O–H groups in total. The third-order valence-corrected chi connectivity index (χ3v) is 3.28. The summed E-state index contributed by atoms with van der Waals surface area (Å²) in [6.07, 6.45) is -4.83. The third-order valence-electron chi connectivity index (χ3n) is 2.40. The van der Waals surface area contributed by atoms with Crippen molar-refractivity contribution in [2.24, 2.45) is 0 Å². The fraction of sp³-hybridized carbons (Fsp3) is 0.333. The zero-order chi connectivity index (χ0) is 15.6. The molecule has 0 aliphatic carbocycles.